The Bertz CT molecular complexity index is 1860. The first kappa shape index (κ1) is 94.1. The molecule has 3 N–H and O–H groups in total. The van der Waals surface area contributed by atoms with E-state index in [0.29, 0.717) is 25.7 Å². The first-order valence-electron chi connectivity index (χ1n) is 40.0. The summed E-state index contributed by atoms with van der Waals surface area (Å²) < 4.78 is 68.5. The van der Waals surface area contributed by atoms with Gasteiger partial charge in [-0.05, 0) is 37.5 Å². The SMILES string of the molecule is CCCCCCCCCCCCCCCCCCCC(=O)OC[C@H](COP(=O)(O)OC[C@@H](O)COP(=O)(O)OC[C@@H](COC(=O)CCCCCCCCC)OC(=O)CCCCCCCCCCCCC(C)CC)OC(=O)CCCCCCCCCCCCCCCCCC(C)C. The summed E-state index contributed by atoms with van der Waals surface area (Å²) in [6.45, 7) is 9.62. The summed E-state index contributed by atoms with van der Waals surface area (Å²) in [7, 11) is -9.91. The topological polar surface area (TPSA) is 237 Å². The molecule has 0 spiro atoms. The Balaban J connectivity index is 5.20. The number of carbonyl (C=O) groups is 4. The number of esters is 4. The highest BCUT2D eigenvalue weighted by Crippen LogP contribution is 2.45. The van der Waals surface area contributed by atoms with Crippen LogP contribution in [0.1, 0.15) is 401 Å². The molecule has 0 aliphatic carbocycles. The minimum Gasteiger partial charge on any atom is -0.462 e. The molecule has 96 heavy (non-hydrogen) atoms. The summed E-state index contributed by atoms with van der Waals surface area (Å²) in [6, 6.07) is 0. The second kappa shape index (κ2) is 68.8. The van der Waals surface area contributed by atoms with Crippen LogP contribution in [0.4, 0.5) is 0 Å². The molecule has 0 radical (unpaired) electrons. The van der Waals surface area contributed by atoms with Crippen LogP contribution in [0.15, 0.2) is 0 Å². The van der Waals surface area contributed by atoms with E-state index >= 15 is 0 Å². The van der Waals surface area contributed by atoms with Crippen molar-refractivity contribution in [2.45, 2.75) is 419 Å². The Kier molecular flexibility index (Phi) is 67.4. The summed E-state index contributed by atoms with van der Waals surface area (Å²) in [4.78, 5) is 72.7. The van der Waals surface area contributed by atoms with Gasteiger partial charge in [0.15, 0.2) is 12.2 Å². The first-order chi connectivity index (χ1) is 46.4. The third kappa shape index (κ3) is 69.2. The van der Waals surface area contributed by atoms with E-state index in [1.165, 1.54) is 205 Å². The number of aliphatic hydroxyl groups excluding tert-OH is 1. The van der Waals surface area contributed by atoms with Crippen LogP contribution in [0.3, 0.4) is 0 Å². The molecule has 0 rings (SSSR count). The van der Waals surface area contributed by atoms with Gasteiger partial charge in [0.1, 0.15) is 19.3 Å². The summed E-state index contributed by atoms with van der Waals surface area (Å²) in [5.74, 6) is -0.512. The Morgan fingerprint density at radius 3 is 0.792 bits per heavy atom. The highest BCUT2D eigenvalue weighted by molar-refractivity contribution is 7.47. The average molecular weight is 1410 g/mol. The quantitative estimate of drug-likeness (QED) is 0.0222. The second-order valence-corrected chi connectivity index (χ2v) is 31.4. The van der Waals surface area contributed by atoms with Gasteiger partial charge in [-0.15, -0.1) is 0 Å². The lowest BCUT2D eigenvalue weighted by molar-refractivity contribution is -0.161. The molecule has 0 heterocycles. The van der Waals surface area contributed by atoms with Gasteiger partial charge in [-0.2, -0.15) is 0 Å². The number of unbranched alkanes of at least 4 members (excludes halogenated alkanes) is 45. The van der Waals surface area contributed by atoms with Crippen molar-refractivity contribution in [2.75, 3.05) is 39.6 Å². The number of hydrogen-bond donors (Lipinski definition) is 3. The fraction of sp³-hybridized carbons (Fsp3) is 0.948. The van der Waals surface area contributed by atoms with Gasteiger partial charge in [-0.3, -0.25) is 37.3 Å². The molecule has 0 aromatic heterocycles. The van der Waals surface area contributed by atoms with E-state index in [2.05, 4.69) is 41.5 Å². The van der Waals surface area contributed by atoms with Gasteiger partial charge in [-0.25, -0.2) is 9.13 Å². The number of phosphoric acid groups is 2. The average Bonchev–Trinajstić information content (AvgIpc) is 2.03. The molecule has 0 aliphatic rings. The van der Waals surface area contributed by atoms with E-state index in [1.54, 1.807) is 0 Å². The molecular weight excluding hydrogens is 1260 g/mol. The van der Waals surface area contributed by atoms with Crippen molar-refractivity contribution in [2.24, 2.45) is 11.8 Å². The van der Waals surface area contributed by atoms with Crippen molar-refractivity contribution in [1.29, 1.82) is 0 Å². The fourth-order valence-electron chi connectivity index (χ4n) is 11.8. The Labute approximate surface area is 588 Å². The largest absolute Gasteiger partial charge is 0.472 e. The molecule has 0 fully saturated rings. The van der Waals surface area contributed by atoms with Crippen LogP contribution in [0, 0.1) is 11.8 Å². The highest BCUT2D eigenvalue weighted by Gasteiger charge is 2.30. The van der Waals surface area contributed by atoms with E-state index in [4.69, 9.17) is 37.0 Å². The standard InChI is InChI=1S/C77H150O17P2/c1-7-10-12-14-16-17-18-19-20-21-24-27-30-36-42-48-54-60-75(80)88-66-73(94-76(81)61-55-49-43-37-31-28-25-22-23-26-29-34-40-45-51-57-69(4)5)68-92-96(85,86)90-64-71(78)63-89-95(83,84)91-67-72(65-87-74(79)59-53-47-39-15-13-11-8-2)93-77(82)62-56-50-44-38-33-32-35-41-46-52-58-70(6)9-3/h69-73,78H,7-68H2,1-6H3,(H,83,84)(H,85,86)/t70?,71-,72+,73+/m0/s1. The Morgan fingerprint density at radius 1 is 0.302 bits per heavy atom. The minimum absolute atomic E-state index is 0.106. The Hall–Kier alpha value is -1.94. The molecule has 0 amide bonds. The number of carbonyl (C=O) groups excluding carboxylic acids is 4. The number of rotatable bonds is 76. The summed E-state index contributed by atoms with van der Waals surface area (Å²) in [5.41, 5.74) is 0. The van der Waals surface area contributed by atoms with Gasteiger partial charge in [0.25, 0.3) is 0 Å². The monoisotopic (exact) mass is 1410 g/mol. The zero-order valence-corrected chi connectivity index (χ0v) is 64.5. The van der Waals surface area contributed by atoms with Crippen molar-refractivity contribution in [3.8, 4) is 0 Å². The van der Waals surface area contributed by atoms with Crippen molar-refractivity contribution >= 4 is 39.5 Å². The van der Waals surface area contributed by atoms with Crippen LogP contribution in [-0.4, -0.2) is 96.7 Å². The predicted octanol–water partition coefficient (Wildman–Crippen LogP) is 22.7. The minimum atomic E-state index is -4.96. The summed E-state index contributed by atoms with van der Waals surface area (Å²) >= 11 is 0. The molecule has 19 heteroatoms. The molecule has 0 aromatic carbocycles. The lowest BCUT2D eigenvalue weighted by Crippen LogP contribution is -2.30. The van der Waals surface area contributed by atoms with Crippen LogP contribution in [-0.2, 0) is 65.4 Å². The molecule has 17 nitrogen and oxygen atoms in total. The van der Waals surface area contributed by atoms with Crippen LogP contribution in [0.2, 0.25) is 0 Å². The molecule has 6 atom stereocenters. The number of ether oxygens (including phenoxy) is 4. The molecule has 3 unspecified atom stereocenters. The maximum atomic E-state index is 13.1. The number of phosphoric ester groups is 2. The zero-order valence-electron chi connectivity index (χ0n) is 62.7. The van der Waals surface area contributed by atoms with E-state index in [0.717, 1.165) is 115 Å². The third-order valence-electron chi connectivity index (χ3n) is 18.3. The van der Waals surface area contributed by atoms with Gasteiger partial charge in [0, 0.05) is 25.7 Å². The molecule has 0 bridgehead atoms. The lowest BCUT2D eigenvalue weighted by atomic mass is 9.99. The maximum Gasteiger partial charge on any atom is 0.472 e. The molecule has 0 saturated heterocycles. The fourth-order valence-corrected chi connectivity index (χ4v) is 13.4. The normalized spacial score (nSPS) is 14.3. The van der Waals surface area contributed by atoms with Crippen LogP contribution in [0.25, 0.3) is 0 Å². The molecule has 0 saturated carbocycles. The zero-order chi connectivity index (χ0) is 70.7. The van der Waals surface area contributed by atoms with Gasteiger partial charge in [-0.1, -0.05) is 350 Å². The Morgan fingerprint density at radius 2 is 0.531 bits per heavy atom. The molecule has 570 valence electrons. The van der Waals surface area contributed by atoms with E-state index < -0.39 is 97.5 Å². The first-order valence-corrected chi connectivity index (χ1v) is 43.0. The van der Waals surface area contributed by atoms with Gasteiger partial charge >= 0.3 is 39.5 Å². The van der Waals surface area contributed by atoms with Gasteiger partial charge in [0.05, 0.1) is 26.4 Å². The molecular formula is C77H150O17P2. The van der Waals surface area contributed by atoms with Crippen molar-refractivity contribution < 1.29 is 80.2 Å². The van der Waals surface area contributed by atoms with Crippen molar-refractivity contribution in [3.05, 3.63) is 0 Å². The van der Waals surface area contributed by atoms with Crippen LogP contribution < -0.4 is 0 Å². The highest BCUT2D eigenvalue weighted by atomic mass is 31.2. The van der Waals surface area contributed by atoms with Gasteiger partial charge < -0.3 is 33.8 Å². The number of aliphatic hydroxyl groups is 1. The van der Waals surface area contributed by atoms with E-state index in [-0.39, 0.29) is 25.7 Å². The van der Waals surface area contributed by atoms with Gasteiger partial charge in [0.2, 0.25) is 0 Å². The lowest BCUT2D eigenvalue weighted by Gasteiger charge is -2.21. The predicted molar refractivity (Wildman–Crippen MR) is 391 cm³/mol. The van der Waals surface area contributed by atoms with Crippen LogP contribution >= 0.6 is 15.6 Å². The molecule has 0 aromatic rings. The summed E-state index contributed by atoms with van der Waals surface area (Å²) in [6.07, 6.45) is 56.9. The second-order valence-electron chi connectivity index (χ2n) is 28.5. The maximum absolute atomic E-state index is 13.1. The van der Waals surface area contributed by atoms with E-state index in [9.17, 15) is 43.2 Å². The number of hydrogen-bond acceptors (Lipinski definition) is 15. The van der Waals surface area contributed by atoms with E-state index in [1.807, 2.05) is 0 Å². The van der Waals surface area contributed by atoms with Crippen molar-refractivity contribution in [3.63, 3.8) is 0 Å². The summed E-state index contributed by atoms with van der Waals surface area (Å²) in [5, 5.41) is 10.6. The third-order valence-corrected chi connectivity index (χ3v) is 20.2. The molecule has 0 aliphatic heterocycles. The smallest absolute Gasteiger partial charge is 0.462 e. The van der Waals surface area contributed by atoms with Crippen molar-refractivity contribution in [1.82, 2.24) is 0 Å². The van der Waals surface area contributed by atoms with Crippen LogP contribution in [0.5, 0.6) is 0 Å².